The van der Waals surface area contributed by atoms with Gasteiger partial charge in [0.05, 0.1) is 12.7 Å². The van der Waals surface area contributed by atoms with Crippen molar-refractivity contribution in [3.05, 3.63) is 34.3 Å². The van der Waals surface area contributed by atoms with E-state index in [9.17, 15) is 4.79 Å². The summed E-state index contributed by atoms with van der Waals surface area (Å²) in [7, 11) is 0. The standard InChI is InChI=1S/C15H21BrN2O2/c1-11(12-2-4-13(16)5-3-12)8-15(19)18-6-7-20-14(9-17)10-18/h2-5,11,14H,6-10,17H2,1H3. The first-order valence-electron chi connectivity index (χ1n) is 6.95. The lowest BCUT2D eigenvalue weighted by Gasteiger charge is -2.33. The predicted molar refractivity (Wildman–Crippen MR) is 82.5 cm³/mol. The molecule has 1 amide bonds. The van der Waals surface area contributed by atoms with Gasteiger partial charge in [-0.05, 0) is 23.6 Å². The second-order valence-electron chi connectivity index (χ2n) is 5.22. The Balaban J connectivity index is 1.91. The SMILES string of the molecule is CC(CC(=O)N1CCOC(CN)C1)c1ccc(Br)cc1. The summed E-state index contributed by atoms with van der Waals surface area (Å²) in [5.74, 6) is 0.400. The topological polar surface area (TPSA) is 55.6 Å². The van der Waals surface area contributed by atoms with E-state index in [1.807, 2.05) is 17.0 Å². The molecule has 4 nitrogen and oxygen atoms in total. The number of hydrogen-bond donors (Lipinski definition) is 1. The highest BCUT2D eigenvalue weighted by molar-refractivity contribution is 9.10. The van der Waals surface area contributed by atoms with Gasteiger partial charge < -0.3 is 15.4 Å². The van der Waals surface area contributed by atoms with Gasteiger partial charge in [0.2, 0.25) is 5.91 Å². The van der Waals surface area contributed by atoms with Crippen LogP contribution in [-0.2, 0) is 9.53 Å². The van der Waals surface area contributed by atoms with Gasteiger partial charge in [-0.25, -0.2) is 0 Å². The quantitative estimate of drug-likeness (QED) is 0.913. The molecule has 2 atom stereocenters. The molecule has 0 radical (unpaired) electrons. The van der Waals surface area contributed by atoms with Crippen molar-refractivity contribution in [3.63, 3.8) is 0 Å². The van der Waals surface area contributed by atoms with Gasteiger partial charge in [-0.15, -0.1) is 0 Å². The number of ether oxygens (including phenoxy) is 1. The number of benzene rings is 1. The maximum atomic E-state index is 12.3. The molecule has 0 aliphatic carbocycles. The zero-order valence-electron chi connectivity index (χ0n) is 11.7. The normalized spacial score (nSPS) is 20.8. The van der Waals surface area contributed by atoms with Crippen molar-refractivity contribution in [2.24, 2.45) is 5.73 Å². The third-order valence-corrected chi connectivity index (χ3v) is 4.20. The highest BCUT2D eigenvalue weighted by atomic mass is 79.9. The number of amides is 1. The Labute approximate surface area is 128 Å². The zero-order valence-corrected chi connectivity index (χ0v) is 13.3. The molecule has 1 aliphatic rings. The van der Waals surface area contributed by atoms with Gasteiger partial charge in [-0.1, -0.05) is 35.0 Å². The first kappa shape index (κ1) is 15.5. The van der Waals surface area contributed by atoms with Crippen molar-refractivity contribution < 1.29 is 9.53 Å². The fourth-order valence-electron chi connectivity index (χ4n) is 2.39. The Bertz CT molecular complexity index is 450. The van der Waals surface area contributed by atoms with Gasteiger partial charge in [-0.3, -0.25) is 4.79 Å². The lowest BCUT2D eigenvalue weighted by atomic mass is 9.97. The first-order chi connectivity index (χ1) is 9.60. The number of hydrogen-bond acceptors (Lipinski definition) is 3. The second-order valence-corrected chi connectivity index (χ2v) is 6.14. The van der Waals surface area contributed by atoms with Crippen LogP contribution in [0.3, 0.4) is 0 Å². The molecule has 1 aromatic rings. The van der Waals surface area contributed by atoms with Crippen molar-refractivity contribution in [1.82, 2.24) is 4.90 Å². The molecule has 1 heterocycles. The van der Waals surface area contributed by atoms with Crippen molar-refractivity contribution in [3.8, 4) is 0 Å². The van der Waals surface area contributed by atoms with E-state index in [0.29, 0.717) is 32.7 Å². The maximum absolute atomic E-state index is 12.3. The molecule has 20 heavy (non-hydrogen) atoms. The van der Waals surface area contributed by atoms with Crippen LogP contribution in [-0.4, -0.2) is 43.2 Å². The third kappa shape index (κ3) is 4.04. The molecule has 110 valence electrons. The molecule has 1 saturated heterocycles. The molecular weight excluding hydrogens is 320 g/mol. The van der Waals surface area contributed by atoms with Crippen LogP contribution in [0.1, 0.15) is 24.8 Å². The van der Waals surface area contributed by atoms with Crippen LogP contribution in [0.4, 0.5) is 0 Å². The van der Waals surface area contributed by atoms with Gasteiger partial charge in [-0.2, -0.15) is 0 Å². The lowest BCUT2D eigenvalue weighted by molar-refractivity contribution is -0.138. The average molecular weight is 341 g/mol. The Morgan fingerprint density at radius 1 is 1.50 bits per heavy atom. The van der Waals surface area contributed by atoms with Crippen molar-refractivity contribution >= 4 is 21.8 Å². The van der Waals surface area contributed by atoms with E-state index in [0.717, 1.165) is 4.47 Å². The molecule has 0 aromatic heterocycles. The largest absolute Gasteiger partial charge is 0.373 e. The summed E-state index contributed by atoms with van der Waals surface area (Å²) in [5, 5.41) is 0. The van der Waals surface area contributed by atoms with E-state index in [1.54, 1.807) is 0 Å². The van der Waals surface area contributed by atoms with E-state index in [-0.39, 0.29) is 17.9 Å². The van der Waals surface area contributed by atoms with Crippen molar-refractivity contribution in [1.29, 1.82) is 0 Å². The summed E-state index contributed by atoms with van der Waals surface area (Å²) in [6, 6.07) is 8.14. The molecule has 1 aromatic carbocycles. The number of halogens is 1. The minimum atomic E-state index is -0.0179. The van der Waals surface area contributed by atoms with Gasteiger partial charge in [0.1, 0.15) is 0 Å². The molecule has 0 bridgehead atoms. The van der Waals surface area contributed by atoms with Gasteiger partial charge in [0.25, 0.3) is 0 Å². The lowest BCUT2D eigenvalue weighted by Crippen LogP contribution is -2.48. The van der Waals surface area contributed by atoms with Crippen molar-refractivity contribution in [2.45, 2.75) is 25.4 Å². The predicted octanol–water partition coefficient (Wildman–Crippen LogP) is 2.13. The van der Waals surface area contributed by atoms with Crippen LogP contribution >= 0.6 is 15.9 Å². The van der Waals surface area contributed by atoms with E-state index in [2.05, 4.69) is 35.0 Å². The zero-order chi connectivity index (χ0) is 14.5. The maximum Gasteiger partial charge on any atom is 0.223 e. The van der Waals surface area contributed by atoms with Crippen LogP contribution in [0.5, 0.6) is 0 Å². The monoisotopic (exact) mass is 340 g/mol. The molecule has 2 N–H and O–H groups in total. The Morgan fingerprint density at radius 3 is 2.85 bits per heavy atom. The first-order valence-corrected chi connectivity index (χ1v) is 7.74. The summed E-state index contributed by atoms with van der Waals surface area (Å²) < 4.78 is 6.54. The van der Waals surface area contributed by atoms with Crippen LogP contribution in [0.25, 0.3) is 0 Å². The fourth-order valence-corrected chi connectivity index (χ4v) is 2.65. The number of carbonyl (C=O) groups is 1. The van der Waals surface area contributed by atoms with Crippen LogP contribution in [0.15, 0.2) is 28.7 Å². The summed E-state index contributed by atoms with van der Waals surface area (Å²) in [5.41, 5.74) is 6.79. The van der Waals surface area contributed by atoms with E-state index in [1.165, 1.54) is 5.56 Å². The third-order valence-electron chi connectivity index (χ3n) is 3.67. The second kappa shape index (κ2) is 7.20. The smallest absolute Gasteiger partial charge is 0.223 e. The number of rotatable bonds is 4. The number of carbonyl (C=O) groups excluding carboxylic acids is 1. The number of nitrogens with two attached hydrogens (primary N) is 1. The van der Waals surface area contributed by atoms with E-state index in [4.69, 9.17) is 10.5 Å². The minimum absolute atomic E-state index is 0.0179. The Kier molecular flexibility index (Phi) is 5.57. The summed E-state index contributed by atoms with van der Waals surface area (Å²) in [4.78, 5) is 14.2. The molecule has 0 spiro atoms. The molecule has 1 aliphatic heterocycles. The van der Waals surface area contributed by atoms with Crippen LogP contribution in [0.2, 0.25) is 0 Å². The highest BCUT2D eigenvalue weighted by Gasteiger charge is 2.24. The Hall–Kier alpha value is -0.910. The van der Waals surface area contributed by atoms with Crippen molar-refractivity contribution in [2.75, 3.05) is 26.2 Å². The van der Waals surface area contributed by atoms with Crippen LogP contribution in [0, 0.1) is 0 Å². The van der Waals surface area contributed by atoms with Gasteiger partial charge in [0.15, 0.2) is 0 Å². The summed E-state index contributed by atoms with van der Waals surface area (Å²) in [6.45, 7) is 4.42. The summed E-state index contributed by atoms with van der Waals surface area (Å²) in [6.07, 6.45) is 0.509. The average Bonchev–Trinajstić information content (AvgIpc) is 2.47. The molecule has 2 rings (SSSR count). The number of morpholine rings is 1. The number of nitrogens with zero attached hydrogens (tertiary/aromatic N) is 1. The minimum Gasteiger partial charge on any atom is -0.373 e. The summed E-state index contributed by atoms with van der Waals surface area (Å²) >= 11 is 3.42. The molecule has 5 heteroatoms. The fraction of sp³-hybridized carbons (Fsp3) is 0.533. The molecular formula is C15H21BrN2O2. The van der Waals surface area contributed by atoms with E-state index < -0.39 is 0 Å². The molecule has 0 saturated carbocycles. The van der Waals surface area contributed by atoms with Gasteiger partial charge >= 0.3 is 0 Å². The molecule has 1 fully saturated rings. The van der Waals surface area contributed by atoms with Crippen LogP contribution < -0.4 is 5.73 Å². The van der Waals surface area contributed by atoms with Gasteiger partial charge in [0, 0.05) is 30.5 Å². The Morgan fingerprint density at radius 2 is 2.20 bits per heavy atom. The molecule has 2 unspecified atom stereocenters. The highest BCUT2D eigenvalue weighted by Crippen LogP contribution is 2.22. The van der Waals surface area contributed by atoms with E-state index >= 15 is 0 Å².